The maximum absolute atomic E-state index is 12.2. The minimum Gasteiger partial charge on any atom is -0.492 e. The highest BCUT2D eigenvalue weighted by molar-refractivity contribution is 7.92. The predicted molar refractivity (Wildman–Crippen MR) is 112 cm³/mol. The van der Waals surface area contributed by atoms with Gasteiger partial charge in [-0.05, 0) is 34.7 Å². The standard InChI is InChI=1S/C21H28N2O4S/c1-21(2,3)17-9-11-18(12-10-17)27-14-13-22-20(24)15-16-7-5-6-8-19(16)23-28(4,25)26/h5-12,23H,13-15H2,1-4H3,(H,22,24). The molecule has 7 heteroatoms. The highest BCUT2D eigenvalue weighted by atomic mass is 32.2. The second-order valence-electron chi connectivity index (χ2n) is 7.68. The van der Waals surface area contributed by atoms with Gasteiger partial charge in [0, 0.05) is 0 Å². The van der Waals surface area contributed by atoms with Crippen LogP contribution in [0.3, 0.4) is 0 Å². The Morgan fingerprint density at radius 2 is 1.68 bits per heavy atom. The molecule has 0 aliphatic heterocycles. The molecular formula is C21H28N2O4S. The first-order chi connectivity index (χ1) is 13.0. The SMILES string of the molecule is CC(C)(C)c1ccc(OCCNC(=O)Cc2ccccc2NS(C)(=O)=O)cc1. The quantitative estimate of drug-likeness (QED) is 0.662. The van der Waals surface area contributed by atoms with Crippen molar-refractivity contribution in [2.45, 2.75) is 32.6 Å². The van der Waals surface area contributed by atoms with Crippen LogP contribution in [0.25, 0.3) is 0 Å². The lowest BCUT2D eigenvalue weighted by molar-refractivity contribution is -0.120. The Labute approximate surface area is 167 Å². The monoisotopic (exact) mass is 404 g/mol. The number of ether oxygens (including phenoxy) is 1. The second-order valence-corrected chi connectivity index (χ2v) is 9.43. The molecule has 2 aromatic rings. The summed E-state index contributed by atoms with van der Waals surface area (Å²) in [6.45, 7) is 7.18. The Bertz CT molecular complexity index is 901. The predicted octanol–water partition coefficient (Wildman–Crippen LogP) is 3.09. The fraction of sp³-hybridized carbons (Fsp3) is 0.381. The van der Waals surface area contributed by atoms with E-state index in [1.807, 2.05) is 24.3 Å². The van der Waals surface area contributed by atoms with Crippen molar-refractivity contribution < 1.29 is 17.9 Å². The summed E-state index contributed by atoms with van der Waals surface area (Å²) in [6.07, 6.45) is 1.16. The van der Waals surface area contributed by atoms with Crippen LogP contribution in [-0.4, -0.2) is 33.7 Å². The number of para-hydroxylation sites is 1. The fourth-order valence-electron chi connectivity index (χ4n) is 2.62. The number of carbonyl (C=O) groups is 1. The maximum Gasteiger partial charge on any atom is 0.229 e. The van der Waals surface area contributed by atoms with Crippen LogP contribution in [0.5, 0.6) is 5.75 Å². The van der Waals surface area contributed by atoms with E-state index in [1.165, 1.54) is 5.56 Å². The van der Waals surface area contributed by atoms with Crippen LogP contribution in [-0.2, 0) is 26.7 Å². The molecule has 0 radical (unpaired) electrons. The first kappa shape index (κ1) is 21.8. The molecule has 0 atom stereocenters. The third kappa shape index (κ3) is 7.23. The molecule has 6 nitrogen and oxygen atoms in total. The lowest BCUT2D eigenvalue weighted by atomic mass is 9.87. The van der Waals surface area contributed by atoms with E-state index in [1.54, 1.807) is 24.3 Å². The highest BCUT2D eigenvalue weighted by Crippen LogP contribution is 2.24. The second kappa shape index (κ2) is 9.10. The molecule has 0 saturated heterocycles. The van der Waals surface area contributed by atoms with Crippen LogP contribution >= 0.6 is 0 Å². The summed E-state index contributed by atoms with van der Waals surface area (Å²) in [5.74, 6) is 0.555. The molecule has 0 spiro atoms. The van der Waals surface area contributed by atoms with Crippen LogP contribution in [0.15, 0.2) is 48.5 Å². The minimum absolute atomic E-state index is 0.0823. The molecule has 0 aliphatic rings. The number of anilines is 1. The summed E-state index contributed by atoms with van der Waals surface area (Å²) in [4.78, 5) is 12.2. The lowest BCUT2D eigenvalue weighted by Gasteiger charge is -2.19. The van der Waals surface area contributed by atoms with Crippen LogP contribution in [0.4, 0.5) is 5.69 Å². The molecule has 2 rings (SSSR count). The minimum atomic E-state index is -3.40. The molecule has 0 fully saturated rings. The van der Waals surface area contributed by atoms with E-state index in [2.05, 4.69) is 30.8 Å². The summed E-state index contributed by atoms with van der Waals surface area (Å²) in [5, 5.41) is 2.79. The number of rotatable bonds is 8. The Hall–Kier alpha value is -2.54. The molecule has 0 saturated carbocycles. The van der Waals surface area contributed by atoms with Crippen molar-refractivity contribution in [3.05, 3.63) is 59.7 Å². The van der Waals surface area contributed by atoms with Gasteiger partial charge in [0.15, 0.2) is 0 Å². The number of nitrogens with one attached hydrogen (secondary N) is 2. The van der Waals surface area contributed by atoms with Crippen LogP contribution in [0.1, 0.15) is 31.9 Å². The van der Waals surface area contributed by atoms with Gasteiger partial charge >= 0.3 is 0 Å². The lowest BCUT2D eigenvalue weighted by Crippen LogP contribution is -2.29. The summed E-state index contributed by atoms with van der Waals surface area (Å²) in [7, 11) is -3.40. The first-order valence-electron chi connectivity index (χ1n) is 9.10. The summed E-state index contributed by atoms with van der Waals surface area (Å²) in [6, 6.07) is 14.8. The molecule has 0 bridgehead atoms. The van der Waals surface area contributed by atoms with Gasteiger partial charge in [0.05, 0.1) is 24.9 Å². The summed E-state index contributed by atoms with van der Waals surface area (Å²) in [5.41, 5.74) is 2.35. The van der Waals surface area contributed by atoms with Crippen molar-refractivity contribution in [3.8, 4) is 5.75 Å². The zero-order valence-corrected chi connectivity index (χ0v) is 17.6. The normalized spacial score (nSPS) is 11.7. The maximum atomic E-state index is 12.2. The third-order valence-electron chi connectivity index (χ3n) is 4.08. The van der Waals surface area contributed by atoms with E-state index in [9.17, 15) is 13.2 Å². The van der Waals surface area contributed by atoms with Crippen LogP contribution in [0.2, 0.25) is 0 Å². The molecule has 0 aromatic heterocycles. The Balaban J connectivity index is 1.81. The average Bonchev–Trinajstić information content (AvgIpc) is 2.59. The number of hydrogen-bond donors (Lipinski definition) is 2. The Kier molecular flexibility index (Phi) is 7.07. The van der Waals surface area contributed by atoms with E-state index in [0.717, 1.165) is 12.0 Å². The summed E-state index contributed by atoms with van der Waals surface area (Å²) < 4.78 is 30.9. The topological polar surface area (TPSA) is 84.5 Å². The number of carbonyl (C=O) groups excluding carboxylic acids is 1. The van der Waals surface area contributed by atoms with Crippen molar-refractivity contribution in [1.82, 2.24) is 5.32 Å². The molecule has 0 heterocycles. The number of hydrogen-bond acceptors (Lipinski definition) is 4. The molecular weight excluding hydrogens is 376 g/mol. The molecule has 0 aliphatic carbocycles. The van der Waals surface area contributed by atoms with Gasteiger partial charge in [-0.1, -0.05) is 51.1 Å². The van der Waals surface area contributed by atoms with Crippen LogP contribution < -0.4 is 14.8 Å². The van der Waals surface area contributed by atoms with Gasteiger partial charge in [-0.15, -0.1) is 0 Å². The molecule has 28 heavy (non-hydrogen) atoms. The van der Waals surface area contributed by atoms with Gasteiger partial charge in [0.2, 0.25) is 15.9 Å². The van der Waals surface area contributed by atoms with Gasteiger partial charge < -0.3 is 10.1 Å². The Morgan fingerprint density at radius 1 is 1.04 bits per heavy atom. The number of amides is 1. The summed E-state index contributed by atoms with van der Waals surface area (Å²) >= 11 is 0. The smallest absolute Gasteiger partial charge is 0.229 e. The van der Waals surface area contributed by atoms with Crippen molar-refractivity contribution in [2.75, 3.05) is 24.1 Å². The molecule has 2 N–H and O–H groups in total. The molecule has 2 aromatic carbocycles. The zero-order valence-electron chi connectivity index (χ0n) is 16.8. The van der Waals surface area contributed by atoms with Crippen molar-refractivity contribution in [1.29, 1.82) is 0 Å². The molecule has 152 valence electrons. The van der Waals surface area contributed by atoms with E-state index in [4.69, 9.17) is 4.74 Å². The van der Waals surface area contributed by atoms with E-state index < -0.39 is 10.0 Å². The number of benzene rings is 2. The fourth-order valence-corrected chi connectivity index (χ4v) is 3.22. The third-order valence-corrected chi connectivity index (χ3v) is 4.67. The van der Waals surface area contributed by atoms with E-state index >= 15 is 0 Å². The van der Waals surface area contributed by atoms with Crippen molar-refractivity contribution in [3.63, 3.8) is 0 Å². The highest BCUT2D eigenvalue weighted by Gasteiger charge is 2.13. The molecule has 0 unspecified atom stereocenters. The van der Waals surface area contributed by atoms with Gasteiger partial charge in [-0.2, -0.15) is 0 Å². The van der Waals surface area contributed by atoms with Crippen molar-refractivity contribution >= 4 is 21.6 Å². The van der Waals surface area contributed by atoms with Gasteiger partial charge in [-0.25, -0.2) is 8.42 Å². The number of sulfonamides is 1. The zero-order chi connectivity index (χ0) is 20.8. The first-order valence-corrected chi connectivity index (χ1v) is 11.0. The van der Waals surface area contributed by atoms with Gasteiger partial charge in [0.25, 0.3) is 0 Å². The van der Waals surface area contributed by atoms with Crippen LogP contribution in [0, 0.1) is 0 Å². The van der Waals surface area contributed by atoms with Gasteiger partial charge in [-0.3, -0.25) is 9.52 Å². The van der Waals surface area contributed by atoms with E-state index in [0.29, 0.717) is 24.4 Å². The largest absolute Gasteiger partial charge is 0.492 e. The van der Waals surface area contributed by atoms with Gasteiger partial charge in [0.1, 0.15) is 12.4 Å². The molecule has 1 amide bonds. The Morgan fingerprint density at radius 3 is 2.29 bits per heavy atom. The van der Waals surface area contributed by atoms with E-state index in [-0.39, 0.29) is 17.7 Å². The average molecular weight is 405 g/mol. The van der Waals surface area contributed by atoms with Crippen molar-refractivity contribution in [2.24, 2.45) is 0 Å².